The molecule has 1 fully saturated rings. The summed E-state index contributed by atoms with van der Waals surface area (Å²) in [6.07, 6.45) is 4.97. The first-order valence-electron chi connectivity index (χ1n) is 20.8. The van der Waals surface area contributed by atoms with E-state index in [9.17, 15) is 0 Å². The third-order valence-corrected chi connectivity index (χ3v) is 12.6. The maximum Gasteiger partial charge on any atom is 2.00 e. The van der Waals surface area contributed by atoms with E-state index in [1.807, 2.05) is 12.3 Å². The van der Waals surface area contributed by atoms with E-state index in [1.165, 1.54) is 27.6 Å². The van der Waals surface area contributed by atoms with Crippen LogP contribution in [-0.2, 0) is 42.0 Å². The van der Waals surface area contributed by atoms with Crippen molar-refractivity contribution in [2.75, 3.05) is 0 Å². The van der Waals surface area contributed by atoms with Crippen molar-refractivity contribution < 1.29 is 30.5 Å². The van der Waals surface area contributed by atoms with E-state index in [4.69, 9.17) is 19.5 Å². The normalized spacial score (nSPS) is 19.7. The monoisotopic (exact) mass is 952 g/mol. The van der Waals surface area contributed by atoms with Crippen LogP contribution in [-0.4, -0.2) is 26.6 Å². The Morgan fingerprint density at radius 1 is 0.759 bits per heavy atom. The summed E-state index contributed by atoms with van der Waals surface area (Å²) in [4.78, 5) is 10.2. The predicted molar refractivity (Wildman–Crippen MR) is 237 cm³/mol. The smallest absolute Gasteiger partial charge is 0.512 e. The van der Waals surface area contributed by atoms with Gasteiger partial charge in [0.25, 0.3) is 0 Å². The molecule has 3 heterocycles. The summed E-state index contributed by atoms with van der Waals surface area (Å²) in [7, 11) is 0. The van der Waals surface area contributed by atoms with Crippen molar-refractivity contribution in [3.63, 3.8) is 0 Å². The molecule has 2 aliphatic rings. The van der Waals surface area contributed by atoms with E-state index in [1.54, 1.807) is 0 Å². The average Bonchev–Trinajstić information content (AvgIpc) is 3.71. The van der Waals surface area contributed by atoms with Gasteiger partial charge in [-0.05, 0) is 102 Å². The van der Waals surface area contributed by atoms with Gasteiger partial charge in [-0.15, -0.1) is 29.8 Å². The Kier molecular flexibility index (Phi) is 10.5. The van der Waals surface area contributed by atoms with Gasteiger partial charge in [0.1, 0.15) is 17.1 Å². The molecule has 6 aromatic rings. The SMILES string of the molecule is CC(C)c1cccc(C(C)(C)C)c1-c1cc(Oc2[c-]c(-n3c4ccc(C(C)(C)C)cc4c4cccnc43)cc(C(C)(C)C)c2)[c-]c(C2=N[C@]3(C)CCC[C@]3(C)O2)c1.[Pt+2]. The van der Waals surface area contributed by atoms with E-state index in [-0.39, 0.29) is 48.5 Å². The van der Waals surface area contributed by atoms with E-state index in [0.717, 1.165) is 58.2 Å². The minimum Gasteiger partial charge on any atom is -0.512 e. The van der Waals surface area contributed by atoms with Gasteiger partial charge in [-0.3, -0.25) is 4.99 Å². The fourth-order valence-corrected chi connectivity index (χ4v) is 8.88. The van der Waals surface area contributed by atoms with Gasteiger partial charge in [-0.25, -0.2) is 4.98 Å². The molecular formula is C52H59N3O2Pt. The number of pyridine rings is 1. The summed E-state index contributed by atoms with van der Waals surface area (Å²) in [5.74, 6) is 2.18. The van der Waals surface area contributed by atoms with Crippen LogP contribution >= 0.6 is 0 Å². The van der Waals surface area contributed by atoms with Gasteiger partial charge in [0.05, 0.1) is 11.1 Å². The topological polar surface area (TPSA) is 48.6 Å². The maximum absolute atomic E-state index is 7.02. The zero-order chi connectivity index (χ0) is 40.9. The summed E-state index contributed by atoms with van der Waals surface area (Å²) in [5.41, 5.74) is 10.1. The molecule has 0 amide bonds. The number of hydrogen-bond acceptors (Lipinski definition) is 4. The van der Waals surface area contributed by atoms with Gasteiger partial charge in [-0.2, -0.15) is 0 Å². The van der Waals surface area contributed by atoms with Gasteiger partial charge in [0.2, 0.25) is 0 Å². The van der Waals surface area contributed by atoms with E-state index < -0.39 is 0 Å². The first kappa shape index (κ1) is 41.9. The van der Waals surface area contributed by atoms with Crippen molar-refractivity contribution in [2.24, 2.45) is 4.99 Å². The zero-order valence-corrected chi connectivity index (χ0v) is 39.0. The number of aliphatic imine (C=N–C) groups is 1. The number of hydrogen-bond donors (Lipinski definition) is 0. The molecule has 304 valence electrons. The van der Waals surface area contributed by atoms with Crippen LogP contribution < -0.4 is 4.74 Å². The second-order valence-corrected chi connectivity index (χ2v) is 20.4. The van der Waals surface area contributed by atoms with Gasteiger partial charge in [-0.1, -0.05) is 129 Å². The van der Waals surface area contributed by atoms with Gasteiger partial charge >= 0.3 is 21.1 Å². The predicted octanol–water partition coefficient (Wildman–Crippen LogP) is 13.7. The number of ether oxygens (including phenoxy) is 2. The summed E-state index contributed by atoms with van der Waals surface area (Å²) in [5, 5.41) is 2.29. The van der Waals surface area contributed by atoms with Crippen LogP contribution in [0.25, 0.3) is 38.8 Å². The molecular weight excluding hydrogens is 894 g/mol. The van der Waals surface area contributed by atoms with Crippen LogP contribution in [0.3, 0.4) is 0 Å². The third-order valence-electron chi connectivity index (χ3n) is 12.6. The minimum atomic E-state index is -0.340. The number of benzene rings is 4. The molecule has 8 rings (SSSR count). The molecule has 58 heavy (non-hydrogen) atoms. The first-order valence-corrected chi connectivity index (χ1v) is 20.8. The molecule has 6 heteroatoms. The summed E-state index contributed by atoms with van der Waals surface area (Å²) in [6.45, 7) is 29.4. The molecule has 0 radical (unpaired) electrons. The van der Waals surface area contributed by atoms with Gasteiger partial charge in [0.15, 0.2) is 0 Å². The number of rotatable bonds is 6. The van der Waals surface area contributed by atoms with Crippen molar-refractivity contribution in [3.05, 3.63) is 119 Å². The van der Waals surface area contributed by atoms with Crippen LogP contribution in [0, 0.1) is 12.1 Å². The number of nitrogens with zero attached hydrogens (tertiary/aromatic N) is 3. The van der Waals surface area contributed by atoms with E-state index in [2.05, 4.69) is 173 Å². The molecule has 2 atom stereocenters. The Bertz CT molecular complexity index is 2580. The van der Waals surface area contributed by atoms with Gasteiger partial charge in [0, 0.05) is 28.5 Å². The zero-order valence-electron chi connectivity index (χ0n) is 36.7. The largest absolute Gasteiger partial charge is 2.00 e. The quantitative estimate of drug-likeness (QED) is 0.156. The van der Waals surface area contributed by atoms with Crippen LogP contribution in [0.2, 0.25) is 0 Å². The standard InChI is InChI=1S/C52H59N3O2.Pt/c1-32(2)40-17-14-19-43(50(9,10)11)45(40)33-25-34(47-54-51(12)22-16-23-52(51,13)57-47)27-38(26-33)56-39-29-36(49(6,7)8)28-37(31-39)55-44-21-20-35(48(3,4)5)30-42(44)41-18-15-24-53-46(41)55;/h14-15,17-21,24-26,28-30,32H,16,22-23H2,1-13H3;/q-2;+2/t51-,52+;/m1./s1. The molecule has 1 saturated carbocycles. The molecule has 0 bridgehead atoms. The van der Waals surface area contributed by atoms with E-state index in [0.29, 0.717) is 23.3 Å². The van der Waals surface area contributed by atoms with Crippen molar-refractivity contribution >= 4 is 27.8 Å². The summed E-state index contributed by atoms with van der Waals surface area (Å²) >= 11 is 0. The number of fused-ring (bicyclic) bond motifs is 4. The average molecular weight is 953 g/mol. The molecule has 0 N–H and O–H groups in total. The van der Waals surface area contributed by atoms with Crippen molar-refractivity contribution in [2.45, 2.75) is 143 Å². The van der Waals surface area contributed by atoms with Crippen LogP contribution in [0.1, 0.15) is 143 Å². The fourth-order valence-electron chi connectivity index (χ4n) is 8.88. The molecule has 5 nitrogen and oxygen atoms in total. The second kappa shape index (κ2) is 14.5. The molecule has 1 aliphatic heterocycles. The minimum absolute atomic E-state index is 0. The Labute approximate surface area is 360 Å². The molecule has 4 aromatic carbocycles. The molecule has 1 aliphatic carbocycles. The molecule has 0 saturated heterocycles. The fraction of sp³-hybridized carbons (Fsp3) is 0.423. The van der Waals surface area contributed by atoms with Crippen molar-refractivity contribution in [1.82, 2.24) is 9.55 Å². The molecule has 2 aromatic heterocycles. The van der Waals surface area contributed by atoms with Gasteiger partial charge < -0.3 is 14.0 Å². The Morgan fingerprint density at radius 3 is 2.16 bits per heavy atom. The summed E-state index contributed by atoms with van der Waals surface area (Å²) in [6, 6.07) is 33.8. The van der Waals surface area contributed by atoms with Crippen LogP contribution in [0.4, 0.5) is 0 Å². The Morgan fingerprint density at radius 2 is 1.48 bits per heavy atom. The molecule has 0 spiro atoms. The van der Waals surface area contributed by atoms with Crippen molar-refractivity contribution in [1.29, 1.82) is 0 Å². The summed E-state index contributed by atoms with van der Waals surface area (Å²) < 4.78 is 16.1. The first-order chi connectivity index (χ1) is 26.6. The third kappa shape index (κ3) is 7.35. The Balaban J connectivity index is 0.00000512. The number of aromatic nitrogens is 2. The maximum atomic E-state index is 7.02. The van der Waals surface area contributed by atoms with E-state index >= 15 is 0 Å². The second-order valence-electron chi connectivity index (χ2n) is 20.4. The van der Waals surface area contributed by atoms with Crippen molar-refractivity contribution in [3.8, 4) is 28.3 Å². The molecule has 0 unspecified atom stereocenters. The van der Waals surface area contributed by atoms with Crippen LogP contribution in [0.5, 0.6) is 11.5 Å². The Hall–Kier alpha value is -4.21. The van der Waals surface area contributed by atoms with Crippen LogP contribution in [0.15, 0.2) is 84.0 Å².